The number of rotatable bonds is 5. The Morgan fingerprint density at radius 1 is 1.04 bits per heavy atom. The molecule has 2 heterocycles. The quantitative estimate of drug-likeness (QED) is 0.414. The number of ketones is 1. The number of benzene rings is 2. The molecule has 0 aliphatic heterocycles. The lowest BCUT2D eigenvalue weighted by Crippen LogP contribution is -2.09. The highest BCUT2D eigenvalue weighted by molar-refractivity contribution is 7.98. The Kier molecular flexibility index (Phi) is 4.73. The molecular weight excluding hydrogens is 356 g/mol. The van der Waals surface area contributed by atoms with Crippen molar-refractivity contribution < 1.29 is 4.79 Å². The first-order chi connectivity index (χ1) is 13.2. The van der Waals surface area contributed by atoms with Gasteiger partial charge in [0.05, 0.1) is 11.0 Å². The van der Waals surface area contributed by atoms with Crippen LogP contribution in [0.2, 0.25) is 0 Å². The number of nitrogens with two attached hydrogens (primary N) is 1. The summed E-state index contributed by atoms with van der Waals surface area (Å²) in [4.78, 5) is 27.0. The monoisotopic (exact) mass is 374 g/mol. The van der Waals surface area contributed by atoms with Gasteiger partial charge in [-0.15, -0.1) is 11.8 Å². The van der Waals surface area contributed by atoms with Crippen LogP contribution in [0.3, 0.4) is 0 Å². The molecule has 0 spiro atoms. The summed E-state index contributed by atoms with van der Waals surface area (Å²) in [6.45, 7) is 0. The van der Waals surface area contributed by atoms with E-state index < -0.39 is 0 Å². The molecule has 4 rings (SSSR count). The number of nitrogen functional groups attached to an aromatic ring is 1. The topological polar surface area (TPSA) is 81.8 Å². The number of fused-ring (bicyclic) bond motifs is 2. The highest BCUT2D eigenvalue weighted by Gasteiger charge is 2.16. The Morgan fingerprint density at radius 2 is 1.85 bits per heavy atom. The maximum absolute atomic E-state index is 12.9. The second-order valence-corrected chi connectivity index (χ2v) is 7.05. The second kappa shape index (κ2) is 7.32. The van der Waals surface area contributed by atoms with Crippen molar-refractivity contribution in [2.75, 3.05) is 12.0 Å². The van der Waals surface area contributed by atoms with Crippen LogP contribution >= 0.6 is 11.8 Å². The van der Waals surface area contributed by atoms with Crippen LogP contribution in [-0.4, -0.2) is 27.0 Å². The minimum atomic E-state index is -0.0414. The zero-order valence-electron chi connectivity index (χ0n) is 14.8. The van der Waals surface area contributed by atoms with Gasteiger partial charge in [-0.2, -0.15) is 0 Å². The number of pyridine rings is 1. The van der Waals surface area contributed by atoms with Crippen LogP contribution in [0.5, 0.6) is 0 Å². The number of thioether (sulfide) groups is 1. The van der Waals surface area contributed by atoms with E-state index in [9.17, 15) is 4.79 Å². The van der Waals surface area contributed by atoms with Gasteiger partial charge >= 0.3 is 0 Å². The second-order valence-electron chi connectivity index (χ2n) is 6.20. The Balaban J connectivity index is 1.67. The summed E-state index contributed by atoms with van der Waals surface area (Å²) in [5, 5.41) is 1.82. The smallest absolute Gasteiger partial charge is 0.221 e. The highest BCUT2D eigenvalue weighted by atomic mass is 32.2. The molecule has 27 heavy (non-hydrogen) atoms. The normalized spacial score (nSPS) is 11.1. The van der Waals surface area contributed by atoms with Crippen molar-refractivity contribution in [3.8, 4) is 0 Å². The van der Waals surface area contributed by atoms with Crippen molar-refractivity contribution in [3.63, 3.8) is 0 Å². The predicted octanol–water partition coefficient (Wildman–Crippen LogP) is 4.30. The number of Topliss-reactive ketones (excluding diaryl/α,β-unsaturated/α-hetero) is 1. The summed E-state index contributed by atoms with van der Waals surface area (Å²) in [5.74, 6) is 0.0828. The van der Waals surface area contributed by atoms with Gasteiger partial charge in [-0.1, -0.05) is 36.4 Å². The number of carbonyl (C=O) groups is 1. The molecule has 6 heteroatoms. The van der Waals surface area contributed by atoms with E-state index >= 15 is 0 Å². The first-order valence-corrected chi connectivity index (χ1v) is 9.86. The van der Waals surface area contributed by atoms with Crippen molar-refractivity contribution in [1.29, 1.82) is 0 Å². The van der Waals surface area contributed by atoms with E-state index in [1.807, 2.05) is 54.8 Å². The molecule has 2 aromatic carbocycles. The van der Waals surface area contributed by atoms with Crippen LogP contribution in [0.25, 0.3) is 21.8 Å². The lowest BCUT2D eigenvalue weighted by Gasteiger charge is -2.09. The molecule has 2 aromatic heterocycles. The molecule has 0 atom stereocenters. The third-order valence-electron chi connectivity index (χ3n) is 4.53. The molecule has 0 aliphatic carbocycles. The van der Waals surface area contributed by atoms with E-state index in [1.54, 1.807) is 18.0 Å². The molecular formula is C21H18N4OS. The van der Waals surface area contributed by atoms with Crippen molar-refractivity contribution in [1.82, 2.24) is 15.0 Å². The van der Waals surface area contributed by atoms with Crippen LogP contribution in [0.15, 0.2) is 59.6 Å². The zero-order chi connectivity index (χ0) is 18.8. The van der Waals surface area contributed by atoms with Gasteiger partial charge in [-0.25, -0.2) is 9.97 Å². The van der Waals surface area contributed by atoms with E-state index in [0.29, 0.717) is 18.5 Å². The highest BCUT2D eigenvalue weighted by Crippen LogP contribution is 2.28. The zero-order valence-corrected chi connectivity index (χ0v) is 15.7. The van der Waals surface area contributed by atoms with Gasteiger partial charge in [-0.3, -0.25) is 9.78 Å². The molecule has 2 N–H and O–H groups in total. The minimum absolute atomic E-state index is 0.0414. The Hall–Kier alpha value is -2.99. The molecule has 0 bridgehead atoms. The van der Waals surface area contributed by atoms with Gasteiger partial charge in [0.2, 0.25) is 5.95 Å². The number of hydrogen-bond donors (Lipinski definition) is 1. The third kappa shape index (κ3) is 3.36. The number of nitrogens with zero attached hydrogens (tertiary/aromatic N) is 3. The van der Waals surface area contributed by atoms with Gasteiger partial charge in [0.25, 0.3) is 0 Å². The van der Waals surface area contributed by atoms with E-state index in [4.69, 9.17) is 5.73 Å². The fourth-order valence-electron chi connectivity index (χ4n) is 3.26. The first kappa shape index (κ1) is 17.4. The predicted molar refractivity (Wildman–Crippen MR) is 110 cm³/mol. The Morgan fingerprint density at radius 3 is 2.70 bits per heavy atom. The van der Waals surface area contributed by atoms with E-state index in [1.165, 1.54) is 0 Å². The van der Waals surface area contributed by atoms with Gasteiger partial charge < -0.3 is 5.73 Å². The Labute approximate surface area is 161 Å². The SMILES string of the molecule is CSc1cccc2c(C(=O)CCc3cccc4cccnc34)nc(N)nc12. The number of anilines is 1. The summed E-state index contributed by atoms with van der Waals surface area (Å²) in [5.41, 5.74) is 8.98. The van der Waals surface area contributed by atoms with Crippen LogP contribution in [-0.2, 0) is 6.42 Å². The third-order valence-corrected chi connectivity index (χ3v) is 5.30. The molecule has 0 unspecified atom stereocenters. The summed E-state index contributed by atoms with van der Waals surface area (Å²) in [6.07, 6.45) is 4.68. The maximum atomic E-state index is 12.9. The lowest BCUT2D eigenvalue weighted by atomic mass is 10.0. The van der Waals surface area contributed by atoms with Gasteiger partial charge in [0, 0.05) is 28.3 Å². The van der Waals surface area contributed by atoms with Gasteiger partial charge in [0.1, 0.15) is 5.69 Å². The molecule has 134 valence electrons. The average Bonchev–Trinajstić information content (AvgIpc) is 2.70. The summed E-state index contributed by atoms with van der Waals surface area (Å²) in [7, 11) is 0. The van der Waals surface area contributed by atoms with Crippen molar-refractivity contribution in [2.24, 2.45) is 0 Å². The standard InChI is InChI=1S/C21H18N4OS/c1-27-17-9-3-8-15-19(24-21(22)25-20(15)17)16(26)11-10-14-6-2-5-13-7-4-12-23-18(13)14/h2-9,12H,10-11H2,1H3,(H2,22,24,25). The minimum Gasteiger partial charge on any atom is -0.368 e. The van der Waals surface area contributed by atoms with E-state index in [-0.39, 0.29) is 11.7 Å². The maximum Gasteiger partial charge on any atom is 0.221 e. The van der Waals surface area contributed by atoms with Gasteiger partial charge in [0.15, 0.2) is 5.78 Å². The fourth-order valence-corrected chi connectivity index (χ4v) is 3.82. The molecule has 4 aromatic rings. The number of aryl methyl sites for hydroxylation is 1. The van der Waals surface area contributed by atoms with Crippen LogP contribution in [0, 0.1) is 0 Å². The van der Waals surface area contributed by atoms with E-state index in [2.05, 4.69) is 15.0 Å². The molecule has 0 saturated heterocycles. The molecule has 0 amide bonds. The number of aromatic nitrogens is 3. The molecule has 0 radical (unpaired) electrons. The lowest BCUT2D eigenvalue weighted by molar-refractivity contribution is 0.0980. The molecule has 0 saturated carbocycles. The molecule has 5 nitrogen and oxygen atoms in total. The summed E-state index contributed by atoms with van der Waals surface area (Å²) < 4.78 is 0. The van der Waals surface area contributed by atoms with E-state index in [0.717, 1.165) is 32.3 Å². The largest absolute Gasteiger partial charge is 0.368 e. The summed E-state index contributed by atoms with van der Waals surface area (Å²) in [6, 6.07) is 15.7. The first-order valence-electron chi connectivity index (χ1n) is 8.63. The van der Waals surface area contributed by atoms with Crippen LogP contribution < -0.4 is 5.73 Å². The van der Waals surface area contributed by atoms with Crippen molar-refractivity contribution >= 4 is 45.3 Å². The van der Waals surface area contributed by atoms with Crippen molar-refractivity contribution in [2.45, 2.75) is 17.7 Å². The summed E-state index contributed by atoms with van der Waals surface area (Å²) >= 11 is 1.57. The molecule has 0 fully saturated rings. The fraction of sp³-hybridized carbons (Fsp3) is 0.143. The Bertz CT molecular complexity index is 1150. The van der Waals surface area contributed by atoms with Gasteiger partial charge in [-0.05, 0) is 30.4 Å². The average molecular weight is 374 g/mol. The van der Waals surface area contributed by atoms with Crippen molar-refractivity contribution in [3.05, 3.63) is 66.0 Å². The molecule has 0 aliphatic rings. The van der Waals surface area contributed by atoms with Crippen LogP contribution in [0.4, 0.5) is 5.95 Å². The number of para-hydroxylation sites is 2. The number of carbonyl (C=O) groups excluding carboxylic acids is 1. The number of hydrogen-bond acceptors (Lipinski definition) is 6. The van der Waals surface area contributed by atoms with Crippen LogP contribution in [0.1, 0.15) is 22.5 Å².